The molecule has 0 saturated carbocycles. The van der Waals surface area contributed by atoms with Gasteiger partial charge in [0.1, 0.15) is 5.76 Å². The number of furan rings is 1. The molecule has 0 aliphatic heterocycles. The molecule has 0 spiro atoms. The molecule has 1 aromatic rings. The maximum absolute atomic E-state index is 5.39. The summed E-state index contributed by atoms with van der Waals surface area (Å²) in [6.07, 6.45) is 1.74. The zero-order valence-electron chi connectivity index (χ0n) is 9.75. The molecule has 0 atom stereocenters. The van der Waals surface area contributed by atoms with Crippen molar-refractivity contribution in [1.29, 1.82) is 0 Å². The summed E-state index contributed by atoms with van der Waals surface area (Å²) in [4.78, 5) is 2.22. The number of nitrogens with one attached hydrogen (secondary N) is 1. The monoisotopic (exact) mass is 212 g/mol. The molecular formula is C11H20N2O2. The van der Waals surface area contributed by atoms with Crippen LogP contribution in [0, 0.1) is 0 Å². The third-order valence-electron chi connectivity index (χ3n) is 2.29. The lowest BCUT2D eigenvalue weighted by Crippen LogP contribution is -2.23. The molecule has 4 nitrogen and oxygen atoms in total. The van der Waals surface area contributed by atoms with Gasteiger partial charge in [0.05, 0.1) is 19.4 Å². The minimum Gasteiger partial charge on any atom is -0.468 e. The van der Waals surface area contributed by atoms with Crippen molar-refractivity contribution in [3.8, 4) is 0 Å². The van der Waals surface area contributed by atoms with Crippen LogP contribution in [0.25, 0.3) is 0 Å². The Morgan fingerprint density at radius 3 is 3.00 bits per heavy atom. The van der Waals surface area contributed by atoms with Crippen molar-refractivity contribution in [3.63, 3.8) is 0 Å². The van der Waals surface area contributed by atoms with Crippen molar-refractivity contribution in [3.05, 3.63) is 23.7 Å². The van der Waals surface area contributed by atoms with E-state index in [1.165, 1.54) is 5.56 Å². The van der Waals surface area contributed by atoms with Crippen molar-refractivity contribution in [2.24, 2.45) is 0 Å². The fraction of sp³-hybridized carbons (Fsp3) is 0.636. The topological polar surface area (TPSA) is 37.6 Å². The van der Waals surface area contributed by atoms with Crippen molar-refractivity contribution in [2.45, 2.75) is 13.1 Å². The molecule has 1 rings (SSSR count). The minimum atomic E-state index is 0.760. The van der Waals surface area contributed by atoms with Gasteiger partial charge in [0.15, 0.2) is 0 Å². The molecule has 0 aliphatic rings. The third-order valence-corrected chi connectivity index (χ3v) is 2.29. The Hall–Kier alpha value is -0.840. The SMILES string of the molecule is CNCc1occc1CN(C)CCOC. The molecular weight excluding hydrogens is 192 g/mol. The highest BCUT2D eigenvalue weighted by Gasteiger charge is 2.07. The van der Waals surface area contributed by atoms with Gasteiger partial charge >= 0.3 is 0 Å². The molecule has 86 valence electrons. The highest BCUT2D eigenvalue weighted by atomic mass is 16.5. The Morgan fingerprint density at radius 1 is 1.53 bits per heavy atom. The van der Waals surface area contributed by atoms with E-state index in [9.17, 15) is 0 Å². The van der Waals surface area contributed by atoms with Gasteiger partial charge in [-0.25, -0.2) is 0 Å². The lowest BCUT2D eigenvalue weighted by Gasteiger charge is -2.15. The summed E-state index contributed by atoms with van der Waals surface area (Å²) in [5, 5.41) is 3.09. The fourth-order valence-electron chi connectivity index (χ4n) is 1.44. The molecule has 0 saturated heterocycles. The van der Waals surface area contributed by atoms with Crippen LogP contribution in [-0.4, -0.2) is 39.3 Å². The predicted octanol–water partition coefficient (Wildman–Crippen LogP) is 1.08. The van der Waals surface area contributed by atoms with Gasteiger partial charge in [0, 0.05) is 25.8 Å². The van der Waals surface area contributed by atoms with Gasteiger partial charge in [-0.15, -0.1) is 0 Å². The molecule has 4 heteroatoms. The lowest BCUT2D eigenvalue weighted by molar-refractivity contribution is 0.158. The van der Waals surface area contributed by atoms with Gasteiger partial charge in [-0.05, 0) is 20.2 Å². The van der Waals surface area contributed by atoms with E-state index in [-0.39, 0.29) is 0 Å². The number of hydrogen-bond donors (Lipinski definition) is 1. The van der Waals surface area contributed by atoms with Gasteiger partial charge in [0.2, 0.25) is 0 Å². The van der Waals surface area contributed by atoms with Crippen LogP contribution >= 0.6 is 0 Å². The molecule has 1 heterocycles. The summed E-state index contributed by atoms with van der Waals surface area (Å²) in [7, 11) is 5.72. The number of methoxy groups -OCH3 is 1. The van der Waals surface area contributed by atoms with E-state index in [0.29, 0.717) is 0 Å². The molecule has 0 unspecified atom stereocenters. The van der Waals surface area contributed by atoms with E-state index in [2.05, 4.69) is 17.3 Å². The second kappa shape index (κ2) is 6.61. The Labute approximate surface area is 91.2 Å². The van der Waals surface area contributed by atoms with E-state index >= 15 is 0 Å². The van der Waals surface area contributed by atoms with Crippen LogP contribution < -0.4 is 5.32 Å². The van der Waals surface area contributed by atoms with E-state index in [1.54, 1.807) is 13.4 Å². The maximum atomic E-state index is 5.39. The third kappa shape index (κ3) is 4.03. The number of nitrogens with zero attached hydrogens (tertiary/aromatic N) is 1. The van der Waals surface area contributed by atoms with Crippen LogP contribution in [0.4, 0.5) is 0 Å². The molecule has 0 fully saturated rings. The van der Waals surface area contributed by atoms with Gasteiger partial charge in [-0.1, -0.05) is 0 Å². The van der Waals surface area contributed by atoms with E-state index in [0.717, 1.165) is 32.0 Å². The number of ether oxygens (including phenoxy) is 1. The fourth-order valence-corrected chi connectivity index (χ4v) is 1.44. The van der Waals surface area contributed by atoms with E-state index in [1.807, 2.05) is 13.1 Å². The predicted molar refractivity (Wildman–Crippen MR) is 59.7 cm³/mol. The highest BCUT2D eigenvalue weighted by Crippen LogP contribution is 2.12. The van der Waals surface area contributed by atoms with Crippen LogP contribution in [-0.2, 0) is 17.8 Å². The average Bonchev–Trinajstić information content (AvgIpc) is 2.63. The second-order valence-electron chi connectivity index (χ2n) is 3.63. The first-order chi connectivity index (χ1) is 7.27. The van der Waals surface area contributed by atoms with Gasteiger partial charge in [0.25, 0.3) is 0 Å². The van der Waals surface area contributed by atoms with E-state index in [4.69, 9.17) is 9.15 Å². The largest absolute Gasteiger partial charge is 0.468 e. The molecule has 0 aromatic carbocycles. The maximum Gasteiger partial charge on any atom is 0.122 e. The average molecular weight is 212 g/mol. The molecule has 0 amide bonds. The van der Waals surface area contributed by atoms with Crippen molar-refractivity contribution in [2.75, 3.05) is 34.4 Å². The smallest absolute Gasteiger partial charge is 0.122 e. The first kappa shape index (κ1) is 12.2. The summed E-state index contributed by atoms with van der Waals surface area (Å²) in [6, 6.07) is 2.02. The quantitative estimate of drug-likeness (QED) is 0.734. The zero-order chi connectivity index (χ0) is 11.1. The molecule has 0 radical (unpaired) electrons. The van der Waals surface area contributed by atoms with E-state index < -0.39 is 0 Å². The summed E-state index contributed by atoms with van der Waals surface area (Å²) in [6.45, 7) is 3.37. The van der Waals surface area contributed by atoms with Crippen LogP contribution in [0.5, 0.6) is 0 Å². The molecule has 0 aliphatic carbocycles. The standard InChI is InChI=1S/C11H20N2O2/c1-12-8-11-10(4-6-15-11)9-13(2)5-7-14-3/h4,6,12H,5,7-9H2,1-3H3. The number of hydrogen-bond acceptors (Lipinski definition) is 4. The number of likely N-dealkylation sites (N-methyl/N-ethyl adjacent to an activating group) is 1. The lowest BCUT2D eigenvalue weighted by atomic mass is 10.2. The summed E-state index contributed by atoms with van der Waals surface area (Å²) in [5.74, 6) is 1.02. The first-order valence-electron chi connectivity index (χ1n) is 5.15. The van der Waals surface area contributed by atoms with Crippen LogP contribution in [0.1, 0.15) is 11.3 Å². The van der Waals surface area contributed by atoms with Crippen LogP contribution in [0.2, 0.25) is 0 Å². The Kier molecular flexibility index (Phi) is 5.39. The molecule has 0 bridgehead atoms. The molecule has 15 heavy (non-hydrogen) atoms. The number of rotatable bonds is 7. The van der Waals surface area contributed by atoms with Crippen LogP contribution in [0.15, 0.2) is 16.7 Å². The Balaban J connectivity index is 2.44. The summed E-state index contributed by atoms with van der Waals surface area (Å²) < 4.78 is 10.4. The van der Waals surface area contributed by atoms with Crippen molar-refractivity contribution >= 4 is 0 Å². The van der Waals surface area contributed by atoms with Gasteiger partial charge < -0.3 is 14.5 Å². The molecule has 1 N–H and O–H groups in total. The Bertz CT molecular complexity index is 273. The molecule has 1 aromatic heterocycles. The second-order valence-corrected chi connectivity index (χ2v) is 3.63. The first-order valence-corrected chi connectivity index (χ1v) is 5.15. The highest BCUT2D eigenvalue weighted by molar-refractivity contribution is 5.16. The van der Waals surface area contributed by atoms with Crippen molar-refractivity contribution < 1.29 is 9.15 Å². The van der Waals surface area contributed by atoms with Crippen LogP contribution in [0.3, 0.4) is 0 Å². The Morgan fingerprint density at radius 2 is 2.33 bits per heavy atom. The summed E-state index contributed by atoms with van der Waals surface area (Å²) >= 11 is 0. The summed E-state index contributed by atoms with van der Waals surface area (Å²) in [5.41, 5.74) is 1.24. The van der Waals surface area contributed by atoms with Crippen molar-refractivity contribution in [1.82, 2.24) is 10.2 Å². The normalized spacial score (nSPS) is 11.2. The van der Waals surface area contributed by atoms with Gasteiger partial charge in [-0.3, -0.25) is 4.90 Å². The zero-order valence-corrected chi connectivity index (χ0v) is 9.75. The minimum absolute atomic E-state index is 0.760. The van der Waals surface area contributed by atoms with Gasteiger partial charge in [-0.2, -0.15) is 0 Å².